The van der Waals surface area contributed by atoms with Crippen molar-refractivity contribution < 1.29 is 17.7 Å². The molecule has 34 heavy (non-hydrogen) atoms. The summed E-state index contributed by atoms with van der Waals surface area (Å²) < 4.78 is 33.8. The summed E-state index contributed by atoms with van der Waals surface area (Å²) in [6, 6.07) is 11.5. The maximum Gasteiger partial charge on any atom is 0.248 e. The summed E-state index contributed by atoms with van der Waals surface area (Å²) in [5, 5.41) is 6.71. The number of nitrogens with zero attached hydrogens (tertiary/aromatic N) is 3. The summed E-state index contributed by atoms with van der Waals surface area (Å²) in [5.41, 5.74) is 3.33. The van der Waals surface area contributed by atoms with E-state index in [1.54, 1.807) is 31.3 Å². The van der Waals surface area contributed by atoms with Crippen LogP contribution in [-0.4, -0.2) is 41.9 Å². The Labute approximate surface area is 199 Å². The van der Waals surface area contributed by atoms with E-state index in [4.69, 9.17) is 4.52 Å². The Morgan fingerprint density at radius 2 is 1.88 bits per heavy atom. The average Bonchev–Trinajstić information content (AvgIpc) is 3.20. The first-order chi connectivity index (χ1) is 16.2. The van der Waals surface area contributed by atoms with Gasteiger partial charge in [-0.05, 0) is 62.9 Å². The van der Waals surface area contributed by atoms with Crippen molar-refractivity contribution in [2.75, 3.05) is 18.4 Å². The molecular weight excluding hydrogens is 452 g/mol. The van der Waals surface area contributed by atoms with Crippen molar-refractivity contribution in [3.63, 3.8) is 0 Å². The van der Waals surface area contributed by atoms with Crippen LogP contribution >= 0.6 is 0 Å². The number of sulfonamides is 1. The SMILES string of the molecule is Cc1ccc(/C=C/c2onc(C)c2S(=O)(=O)N2CCC[C@H](C(=O)Nc3cc(C)ccn3)C2)cc1. The molecule has 1 saturated heterocycles. The van der Waals surface area contributed by atoms with Crippen molar-refractivity contribution >= 4 is 33.9 Å². The second-order valence-corrected chi connectivity index (χ2v) is 10.5. The number of anilines is 1. The molecule has 0 unspecified atom stereocenters. The molecular formula is C25H28N4O4S. The monoisotopic (exact) mass is 480 g/mol. The molecule has 8 nitrogen and oxygen atoms in total. The molecule has 0 saturated carbocycles. The molecule has 2 aromatic heterocycles. The van der Waals surface area contributed by atoms with Gasteiger partial charge in [0.15, 0.2) is 10.7 Å². The quantitative estimate of drug-likeness (QED) is 0.567. The van der Waals surface area contributed by atoms with E-state index in [2.05, 4.69) is 15.5 Å². The van der Waals surface area contributed by atoms with E-state index in [9.17, 15) is 13.2 Å². The average molecular weight is 481 g/mol. The van der Waals surface area contributed by atoms with Crippen molar-refractivity contribution in [3.8, 4) is 0 Å². The molecule has 3 heterocycles. The molecule has 0 spiro atoms. The van der Waals surface area contributed by atoms with Crippen LogP contribution in [0.5, 0.6) is 0 Å². The molecule has 9 heteroatoms. The van der Waals surface area contributed by atoms with Crippen molar-refractivity contribution in [3.05, 3.63) is 70.7 Å². The maximum atomic E-state index is 13.6. The van der Waals surface area contributed by atoms with Gasteiger partial charge >= 0.3 is 0 Å². The molecule has 3 aromatic rings. The molecule has 1 aliphatic rings. The molecule has 1 atom stereocenters. The molecule has 1 aromatic carbocycles. The van der Waals surface area contributed by atoms with Gasteiger partial charge in [0.2, 0.25) is 15.9 Å². The lowest BCUT2D eigenvalue weighted by Gasteiger charge is -2.31. The first-order valence-corrected chi connectivity index (χ1v) is 12.6. The van der Waals surface area contributed by atoms with Crippen LogP contribution < -0.4 is 5.32 Å². The number of piperidine rings is 1. The second-order valence-electron chi connectivity index (χ2n) is 8.62. The first-order valence-electron chi connectivity index (χ1n) is 11.2. The van der Waals surface area contributed by atoms with Crippen molar-refractivity contribution in [1.82, 2.24) is 14.4 Å². The molecule has 0 bridgehead atoms. The topological polar surface area (TPSA) is 105 Å². The fourth-order valence-corrected chi connectivity index (χ4v) is 5.76. The minimum atomic E-state index is -3.91. The van der Waals surface area contributed by atoms with Gasteiger partial charge in [0.25, 0.3) is 0 Å². The normalized spacial score (nSPS) is 17.2. The van der Waals surface area contributed by atoms with Crippen molar-refractivity contribution in [2.24, 2.45) is 5.92 Å². The van der Waals surface area contributed by atoms with Crippen LogP contribution in [0.3, 0.4) is 0 Å². The Balaban J connectivity index is 1.53. The highest BCUT2D eigenvalue weighted by molar-refractivity contribution is 7.89. The highest BCUT2D eigenvalue weighted by Crippen LogP contribution is 2.29. The fraction of sp³-hybridized carbons (Fsp3) is 0.320. The lowest BCUT2D eigenvalue weighted by molar-refractivity contribution is -0.120. The number of nitrogens with one attached hydrogen (secondary N) is 1. The zero-order valence-electron chi connectivity index (χ0n) is 19.5. The third-order valence-corrected chi connectivity index (χ3v) is 7.88. The summed E-state index contributed by atoms with van der Waals surface area (Å²) in [4.78, 5) is 17.0. The van der Waals surface area contributed by atoms with E-state index >= 15 is 0 Å². The van der Waals surface area contributed by atoms with Crippen LogP contribution in [0.1, 0.15) is 41.0 Å². The van der Waals surface area contributed by atoms with Gasteiger partial charge in [0, 0.05) is 19.3 Å². The number of rotatable bonds is 6. The minimum Gasteiger partial charge on any atom is -0.355 e. The molecule has 1 fully saturated rings. The standard InChI is InChI=1S/C25H28N4O4S/c1-17-6-8-20(9-7-17)10-11-22-24(19(3)28-33-22)34(31,32)29-14-4-5-21(16-29)25(30)27-23-15-18(2)12-13-26-23/h6-13,15,21H,4-5,14,16H2,1-3H3,(H,26,27,30)/b11-10+/t21-/m0/s1. The highest BCUT2D eigenvalue weighted by atomic mass is 32.2. The minimum absolute atomic E-state index is 0.0391. The number of amides is 1. The summed E-state index contributed by atoms with van der Waals surface area (Å²) >= 11 is 0. The lowest BCUT2D eigenvalue weighted by atomic mass is 9.99. The van der Waals surface area contributed by atoms with E-state index in [0.29, 0.717) is 30.9 Å². The Bertz CT molecular complexity index is 1310. The lowest BCUT2D eigenvalue weighted by Crippen LogP contribution is -2.44. The predicted octanol–water partition coefficient (Wildman–Crippen LogP) is 4.20. The van der Waals surface area contributed by atoms with Gasteiger partial charge in [-0.3, -0.25) is 4.79 Å². The third kappa shape index (κ3) is 5.26. The molecule has 1 N–H and O–H groups in total. The molecule has 4 rings (SSSR count). The van der Waals surface area contributed by atoms with Gasteiger partial charge in [-0.25, -0.2) is 13.4 Å². The summed E-state index contributed by atoms with van der Waals surface area (Å²) in [5.74, 6) is -0.0749. The predicted molar refractivity (Wildman–Crippen MR) is 130 cm³/mol. The second kappa shape index (κ2) is 9.90. The van der Waals surface area contributed by atoms with E-state index in [0.717, 1.165) is 16.7 Å². The van der Waals surface area contributed by atoms with Gasteiger partial charge in [0.05, 0.1) is 5.92 Å². The number of hydrogen-bond donors (Lipinski definition) is 1. The van der Waals surface area contributed by atoms with Crippen LogP contribution in [0.25, 0.3) is 12.2 Å². The van der Waals surface area contributed by atoms with Gasteiger partial charge in [-0.2, -0.15) is 4.31 Å². The number of aryl methyl sites for hydroxylation is 3. The van der Waals surface area contributed by atoms with Crippen LogP contribution in [0.15, 0.2) is 52.0 Å². The van der Waals surface area contributed by atoms with Gasteiger partial charge in [0.1, 0.15) is 11.5 Å². The van der Waals surface area contributed by atoms with Gasteiger partial charge in [-0.1, -0.05) is 41.1 Å². The van der Waals surface area contributed by atoms with Crippen LogP contribution in [-0.2, 0) is 14.8 Å². The zero-order chi connectivity index (χ0) is 24.3. The molecule has 178 valence electrons. The van der Waals surface area contributed by atoms with Gasteiger partial charge < -0.3 is 9.84 Å². The van der Waals surface area contributed by atoms with E-state index in [1.807, 2.05) is 44.2 Å². The summed E-state index contributed by atoms with van der Waals surface area (Å²) in [6.07, 6.45) is 6.22. The largest absolute Gasteiger partial charge is 0.355 e. The Hall–Kier alpha value is -3.30. The van der Waals surface area contributed by atoms with Crippen LogP contribution in [0.2, 0.25) is 0 Å². The molecule has 1 amide bonds. The van der Waals surface area contributed by atoms with Crippen LogP contribution in [0, 0.1) is 26.7 Å². The summed E-state index contributed by atoms with van der Waals surface area (Å²) in [7, 11) is -3.91. The molecule has 1 aliphatic heterocycles. The molecule has 0 aliphatic carbocycles. The number of carbonyl (C=O) groups is 1. The number of pyridine rings is 1. The Morgan fingerprint density at radius 1 is 1.12 bits per heavy atom. The maximum absolute atomic E-state index is 13.6. The zero-order valence-corrected chi connectivity index (χ0v) is 20.3. The smallest absolute Gasteiger partial charge is 0.248 e. The number of carbonyl (C=O) groups excluding carboxylic acids is 1. The van der Waals surface area contributed by atoms with Crippen molar-refractivity contribution in [2.45, 2.75) is 38.5 Å². The van der Waals surface area contributed by atoms with Gasteiger partial charge in [-0.15, -0.1) is 0 Å². The first kappa shape index (κ1) is 23.8. The Morgan fingerprint density at radius 3 is 2.62 bits per heavy atom. The van der Waals surface area contributed by atoms with Crippen molar-refractivity contribution in [1.29, 1.82) is 0 Å². The Kier molecular flexibility index (Phi) is 6.95. The van der Waals surface area contributed by atoms with E-state index in [-0.39, 0.29) is 23.1 Å². The number of hydrogen-bond acceptors (Lipinski definition) is 6. The van der Waals surface area contributed by atoms with Crippen LogP contribution in [0.4, 0.5) is 5.82 Å². The number of benzene rings is 1. The van der Waals surface area contributed by atoms with E-state index in [1.165, 1.54) is 4.31 Å². The van der Waals surface area contributed by atoms with E-state index < -0.39 is 15.9 Å². The highest BCUT2D eigenvalue weighted by Gasteiger charge is 2.37. The summed E-state index contributed by atoms with van der Waals surface area (Å²) in [6.45, 7) is 5.95. The fourth-order valence-electron chi connectivity index (χ4n) is 3.98. The number of aromatic nitrogens is 2. The molecule has 0 radical (unpaired) electrons. The third-order valence-electron chi connectivity index (χ3n) is 5.86.